The van der Waals surface area contributed by atoms with Gasteiger partial charge in [0.05, 0.1) is 5.75 Å². The Morgan fingerprint density at radius 3 is 2.32 bits per heavy atom. The average Bonchev–Trinajstić information content (AvgIpc) is 3.42. The molecule has 0 aromatic heterocycles. The van der Waals surface area contributed by atoms with Crippen molar-refractivity contribution in [1.82, 2.24) is 10.2 Å². The first-order valence-electron chi connectivity index (χ1n) is 13.0. The molecule has 0 unspecified atom stereocenters. The first kappa shape index (κ1) is 27.5. The van der Waals surface area contributed by atoms with Gasteiger partial charge < -0.3 is 10.2 Å². The van der Waals surface area contributed by atoms with Crippen LogP contribution in [0.2, 0.25) is 0 Å². The summed E-state index contributed by atoms with van der Waals surface area (Å²) in [5, 5.41) is 3.28. The van der Waals surface area contributed by atoms with Crippen LogP contribution in [0.1, 0.15) is 47.9 Å². The minimum absolute atomic E-state index is 0.00660. The van der Waals surface area contributed by atoms with Gasteiger partial charge in [0, 0.05) is 29.2 Å². The summed E-state index contributed by atoms with van der Waals surface area (Å²) in [5.41, 5.74) is 4.42. The lowest BCUT2D eigenvalue weighted by atomic mass is 10.0. The van der Waals surface area contributed by atoms with Gasteiger partial charge in [0.25, 0.3) is 0 Å². The quantitative estimate of drug-likeness (QED) is 0.276. The molecule has 1 fully saturated rings. The number of hydrogen-bond acceptors (Lipinski definition) is 3. The van der Waals surface area contributed by atoms with Crippen molar-refractivity contribution < 1.29 is 9.59 Å². The monoisotopic (exact) mass is 578 g/mol. The molecular formula is C31H35BrN2O2S. The van der Waals surface area contributed by atoms with Gasteiger partial charge in [0.15, 0.2) is 0 Å². The Hall–Kier alpha value is -2.57. The van der Waals surface area contributed by atoms with E-state index < -0.39 is 6.04 Å². The first-order valence-corrected chi connectivity index (χ1v) is 14.9. The van der Waals surface area contributed by atoms with Gasteiger partial charge in [-0.2, -0.15) is 0 Å². The minimum Gasteiger partial charge on any atom is -0.352 e. The number of carbonyl (C=O) groups is 2. The van der Waals surface area contributed by atoms with E-state index in [1.165, 1.54) is 5.56 Å². The smallest absolute Gasteiger partial charge is 0.243 e. The van der Waals surface area contributed by atoms with Gasteiger partial charge in [0.2, 0.25) is 11.8 Å². The lowest BCUT2D eigenvalue weighted by Gasteiger charge is -2.32. The zero-order chi connectivity index (χ0) is 26.0. The Morgan fingerprint density at radius 1 is 0.946 bits per heavy atom. The third-order valence-electron chi connectivity index (χ3n) is 6.98. The Morgan fingerprint density at radius 2 is 1.62 bits per heavy atom. The van der Waals surface area contributed by atoms with E-state index in [1.54, 1.807) is 11.8 Å². The lowest BCUT2D eigenvalue weighted by molar-refractivity contribution is -0.139. The molecule has 4 rings (SSSR count). The van der Waals surface area contributed by atoms with Gasteiger partial charge in [-0.1, -0.05) is 95.5 Å². The summed E-state index contributed by atoms with van der Waals surface area (Å²) < 4.78 is 1.04. The number of carbonyl (C=O) groups excluding carboxylic acids is 2. The second-order valence-corrected chi connectivity index (χ2v) is 11.7. The number of hydrogen-bond donors (Lipinski definition) is 1. The van der Waals surface area contributed by atoms with E-state index in [9.17, 15) is 9.59 Å². The van der Waals surface area contributed by atoms with Crippen molar-refractivity contribution in [2.24, 2.45) is 0 Å². The summed E-state index contributed by atoms with van der Waals surface area (Å²) in [7, 11) is 0. The minimum atomic E-state index is -0.566. The topological polar surface area (TPSA) is 49.4 Å². The summed E-state index contributed by atoms with van der Waals surface area (Å²) in [6, 6.07) is 26.0. The van der Waals surface area contributed by atoms with E-state index in [2.05, 4.69) is 52.4 Å². The van der Waals surface area contributed by atoms with Crippen LogP contribution >= 0.6 is 27.7 Å². The number of nitrogens with zero attached hydrogens (tertiary/aromatic N) is 1. The molecule has 1 saturated carbocycles. The van der Waals surface area contributed by atoms with Gasteiger partial charge >= 0.3 is 0 Å². The zero-order valence-corrected chi connectivity index (χ0v) is 23.8. The molecule has 194 valence electrons. The predicted molar refractivity (Wildman–Crippen MR) is 156 cm³/mol. The number of nitrogens with one attached hydrogen (secondary N) is 1. The second-order valence-electron chi connectivity index (χ2n) is 9.76. The lowest BCUT2D eigenvalue weighted by Crippen LogP contribution is -2.52. The highest BCUT2D eigenvalue weighted by molar-refractivity contribution is 9.10. The molecule has 0 saturated heterocycles. The molecule has 1 atom stereocenters. The number of halogens is 1. The molecule has 3 aromatic rings. The van der Waals surface area contributed by atoms with Crippen molar-refractivity contribution >= 4 is 39.5 Å². The highest BCUT2D eigenvalue weighted by Gasteiger charge is 2.32. The number of aryl methyl sites for hydroxylation is 1. The molecule has 4 nitrogen and oxygen atoms in total. The molecule has 0 radical (unpaired) electrons. The second kappa shape index (κ2) is 13.8. The van der Waals surface area contributed by atoms with E-state index in [0.29, 0.717) is 18.7 Å². The molecule has 2 amide bonds. The summed E-state index contributed by atoms with van der Waals surface area (Å²) in [6.07, 6.45) is 4.81. The van der Waals surface area contributed by atoms with Crippen molar-refractivity contribution in [2.75, 3.05) is 5.75 Å². The Kier molecular flexibility index (Phi) is 10.3. The van der Waals surface area contributed by atoms with E-state index in [0.717, 1.165) is 52.6 Å². The Bertz CT molecular complexity index is 1160. The van der Waals surface area contributed by atoms with Crippen molar-refractivity contribution in [2.45, 2.75) is 63.4 Å². The van der Waals surface area contributed by atoms with Crippen molar-refractivity contribution in [1.29, 1.82) is 0 Å². The van der Waals surface area contributed by atoms with Gasteiger partial charge in [-0.05, 0) is 54.2 Å². The van der Waals surface area contributed by atoms with Crippen molar-refractivity contribution in [3.63, 3.8) is 0 Å². The first-order chi connectivity index (χ1) is 18.0. The molecule has 37 heavy (non-hydrogen) atoms. The predicted octanol–water partition coefficient (Wildman–Crippen LogP) is 6.69. The van der Waals surface area contributed by atoms with Crippen molar-refractivity contribution in [3.8, 4) is 0 Å². The molecule has 0 bridgehead atoms. The van der Waals surface area contributed by atoms with Crippen LogP contribution in [-0.2, 0) is 28.3 Å². The van der Waals surface area contributed by atoms with Gasteiger partial charge in [-0.25, -0.2) is 0 Å². The van der Waals surface area contributed by atoms with E-state index in [-0.39, 0.29) is 17.9 Å². The molecule has 6 heteroatoms. The molecular weight excluding hydrogens is 544 g/mol. The summed E-state index contributed by atoms with van der Waals surface area (Å²) in [4.78, 5) is 29.3. The van der Waals surface area contributed by atoms with E-state index in [4.69, 9.17) is 0 Å². The number of amides is 2. The van der Waals surface area contributed by atoms with E-state index in [1.807, 2.05) is 59.5 Å². The number of rotatable bonds is 11. The fourth-order valence-corrected chi connectivity index (χ4v) is 5.95. The maximum atomic E-state index is 13.8. The summed E-state index contributed by atoms with van der Waals surface area (Å²) in [5.74, 6) is 1.02. The Labute approximate surface area is 233 Å². The SMILES string of the molecule is Cc1ccccc1CN(C(=O)CSCc1ccc(Br)cc1)[C@H](Cc1ccccc1)C(=O)NC1CCCC1. The van der Waals surface area contributed by atoms with Crippen LogP contribution < -0.4 is 5.32 Å². The zero-order valence-electron chi connectivity index (χ0n) is 21.4. The summed E-state index contributed by atoms with van der Waals surface area (Å²) in [6.45, 7) is 2.48. The highest BCUT2D eigenvalue weighted by Crippen LogP contribution is 2.22. The van der Waals surface area contributed by atoms with Gasteiger partial charge in [-0.15, -0.1) is 11.8 Å². The third kappa shape index (κ3) is 8.21. The largest absolute Gasteiger partial charge is 0.352 e. The molecule has 1 N–H and O–H groups in total. The van der Waals surface area contributed by atoms with Gasteiger partial charge in [0.1, 0.15) is 6.04 Å². The molecule has 0 spiro atoms. The fourth-order valence-electron chi connectivity index (χ4n) is 4.81. The molecule has 1 aliphatic rings. The summed E-state index contributed by atoms with van der Waals surface area (Å²) >= 11 is 5.07. The Balaban J connectivity index is 1.56. The molecule has 0 aliphatic heterocycles. The molecule has 3 aromatic carbocycles. The van der Waals surface area contributed by atoms with Crippen LogP contribution in [0, 0.1) is 6.92 Å². The van der Waals surface area contributed by atoms with Crippen LogP contribution in [0.5, 0.6) is 0 Å². The maximum Gasteiger partial charge on any atom is 0.243 e. The van der Waals surface area contributed by atoms with E-state index >= 15 is 0 Å². The van der Waals surface area contributed by atoms with Crippen LogP contribution in [0.4, 0.5) is 0 Å². The molecule has 1 aliphatic carbocycles. The third-order valence-corrected chi connectivity index (χ3v) is 8.50. The van der Waals surface area contributed by atoms with Crippen LogP contribution in [0.25, 0.3) is 0 Å². The van der Waals surface area contributed by atoms with Gasteiger partial charge in [-0.3, -0.25) is 9.59 Å². The standard InChI is InChI=1S/C31H35BrN2O2S/c1-23-9-5-6-12-26(23)20-34(30(35)22-37-21-25-15-17-27(32)18-16-25)29(19-24-10-3-2-4-11-24)31(36)33-28-13-7-8-14-28/h2-6,9-12,15-18,28-29H,7-8,13-14,19-22H2,1H3,(H,33,36)/t29-/m1/s1. The highest BCUT2D eigenvalue weighted by atomic mass is 79.9. The average molecular weight is 580 g/mol. The molecule has 0 heterocycles. The van der Waals surface area contributed by atoms with Crippen LogP contribution in [0.3, 0.4) is 0 Å². The fraction of sp³-hybridized carbons (Fsp3) is 0.355. The van der Waals surface area contributed by atoms with Crippen molar-refractivity contribution in [3.05, 3.63) is 106 Å². The normalized spacial score (nSPS) is 14.3. The maximum absolute atomic E-state index is 13.8. The number of benzene rings is 3. The van der Waals surface area contributed by atoms with Crippen LogP contribution in [0.15, 0.2) is 83.3 Å². The number of thioether (sulfide) groups is 1. The van der Waals surface area contributed by atoms with Crippen LogP contribution in [-0.4, -0.2) is 34.6 Å².